The van der Waals surface area contributed by atoms with Crippen LogP contribution in [-0.4, -0.2) is 11.7 Å². The summed E-state index contributed by atoms with van der Waals surface area (Å²) in [6.45, 7) is 5.79. The van der Waals surface area contributed by atoms with E-state index in [0.717, 1.165) is 34.4 Å². The normalized spacial score (nSPS) is 16.0. The van der Waals surface area contributed by atoms with Crippen molar-refractivity contribution >= 4 is 17.8 Å². The van der Waals surface area contributed by atoms with Crippen molar-refractivity contribution in [2.75, 3.05) is 0 Å². The molecule has 1 heterocycles. The summed E-state index contributed by atoms with van der Waals surface area (Å²) in [6.07, 6.45) is -2.85. The van der Waals surface area contributed by atoms with Crippen molar-refractivity contribution in [1.29, 1.82) is 0 Å². The third-order valence-corrected chi connectivity index (χ3v) is 4.18. The molecular formula is C20H16F3NO2. The first-order chi connectivity index (χ1) is 12.2. The van der Waals surface area contributed by atoms with Gasteiger partial charge in [0.15, 0.2) is 0 Å². The van der Waals surface area contributed by atoms with E-state index in [1.54, 1.807) is 6.08 Å². The summed E-state index contributed by atoms with van der Waals surface area (Å²) in [6, 6.07) is 8.63. The number of benzene rings is 2. The fourth-order valence-corrected chi connectivity index (χ4v) is 3.02. The maximum absolute atomic E-state index is 13.0. The minimum absolute atomic E-state index is 0.0977. The molecule has 0 aliphatic carbocycles. The van der Waals surface area contributed by atoms with Gasteiger partial charge in [0.1, 0.15) is 5.71 Å². The fraction of sp³-hybridized carbons (Fsp3) is 0.200. The summed E-state index contributed by atoms with van der Waals surface area (Å²) in [5, 5.41) is 3.70. The Morgan fingerprint density at radius 3 is 2.31 bits per heavy atom. The van der Waals surface area contributed by atoms with E-state index in [1.165, 1.54) is 12.1 Å². The molecule has 0 spiro atoms. The predicted octanol–water partition coefficient (Wildman–Crippen LogP) is 4.98. The van der Waals surface area contributed by atoms with Gasteiger partial charge in [-0.05, 0) is 55.7 Å². The van der Waals surface area contributed by atoms with Crippen molar-refractivity contribution in [3.8, 4) is 0 Å². The smallest absolute Gasteiger partial charge is 0.312 e. The second-order valence-electron chi connectivity index (χ2n) is 6.27. The number of rotatable bonds is 2. The van der Waals surface area contributed by atoms with Gasteiger partial charge in [-0.3, -0.25) is 0 Å². The zero-order valence-corrected chi connectivity index (χ0v) is 14.4. The molecule has 6 heteroatoms. The van der Waals surface area contributed by atoms with E-state index in [9.17, 15) is 18.0 Å². The molecule has 2 aromatic carbocycles. The first-order valence-electron chi connectivity index (χ1n) is 7.93. The molecule has 0 atom stereocenters. The molecule has 0 amide bonds. The van der Waals surface area contributed by atoms with Crippen LogP contribution in [0.1, 0.15) is 33.4 Å². The molecule has 3 rings (SSSR count). The van der Waals surface area contributed by atoms with Crippen LogP contribution >= 0.6 is 0 Å². The van der Waals surface area contributed by atoms with Gasteiger partial charge in [0.25, 0.3) is 0 Å². The molecule has 3 nitrogen and oxygen atoms in total. The van der Waals surface area contributed by atoms with Crippen molar-refractivity contribution in [3.05, 3.63) is 75.4 Å². The Labute approximate surface area is 148 Å². The lowest BCUT2D eigenvalue weighted by Gasteiger charge is -2.10. The van der Waals surface area contributed by atoms with E-state index < -0.39 is 17.7 Å². The molecule has 26 heavy (non-hydrogen) atoms. The number of carbonyl (C=O) groups is 1. The van der Waals surface area contributed by atoms with E-state index in [2.05, 4.69) is 5.16 Å². The van der Waals surface area contributed by atoms with Gasteiger partial charge in [-0.2, -0.15) is 13.2 Å². The minimum atomic E-state index is -4.48. The summed E-state index contributed by atoms with van der Waals surface area (Å²) >= 11 is 0. The molecule has 1 aliphatic heterocycles. The Morgan fingerprint density at radius 1 is 1.04 bits per heavy atom. The molecule has 2 aromatic rings. The van der Waals surface area contributed by atoms with Crippen LogP contribution in [0.4, 0.5) is 13.2 Å². The van der Waals surface area contributed by atoms with Crippen LogP contribution in [-0.2, 0) is 15.8 Å². The second kappa shape index (κ2) is 6.44. The Balaban J connectivity index is 2.09. The molecule has 0 bridgehead atoms. The van der Waals surface area contributed by atoms with E-state index >= 15 is 0 Å². The Hall–Kier alpha value is -2.89. The van der Waals surface area contributed by atoms with Crippen LogP contribution in [0.25, 0.3) is 6.08 Å². The maximum Gasteiger partial charge on any atom is 0.416 e. The van der Waals surface area contributed by atoms with Crippen LogP contribution in [0.2, 0.25) is 0 Å². The lowest BCUT2D eigenvalue weighted by atomic mass is 9.94. The van der Waals surface area contributed by atoms with Gasteiger partial charge >= 0.3 is 12.1 Å². The molecule has 0 radical (unpaired) electrons. The average Bonchev–Trinajstić information content (AvgIpc) is 2.91. The van der Waals surface area contributed by atoms with Crippen LogP contribution in [0, 0.1) is 20.8 Å². The van der Waals surface area contributed by atoms with E-state index in [4.69, 9.17) is 4.84 Å². The fourth-order valence-electron chi connectivity index (χ4n) is 3.02. The van der Waals surface area contributed by atoms with Gasteiger partial charge < -0.3 is 4.84 Å². The maximum atomic E-state index is 13.0. The Bertz CT molecular complexity index is 933. The molecule has 0 aromatic heterocycles. The molecular weight excluding hydrogens is 343 g/mol. The summed E-state index contributed by atoms with van der Waals surface area (Å²) in [4.78, 5) is 16.8. The second-order valence-corrected chi connectivity index (χ2v) is 6.27. The van der Waals surface area contributed by atoms with Crippen LogP contribution in [0.3, 0.4) is 0 Å². The third kappa shape index (κ3) is 3.40. The highest BCUT2D eigenvalue weighted by atomic mass is 19.4. The first kappa shape index (κ1) is 17.9. The summed E-state index contributed by atoms with van der Waals surface area (Å²) in [5.74, 6) is -0.684. The number of hydrogen-bond donors (Lipinski definition) is 0. The van der Waals surface area contributed by atoms with Crippen LogP contribution in [0.5, 0.6) is 0 Å². The lowest BCUT2D eigenvalue weighted by molar-refractivity contribution is -0.138. The number of carbonyl (C=O) groups excluding carboxylic acids is 1. The number of nitrogens with zero attached hydrogens (tertiary/aromatic N) is 1. The van der Waals surface area contributed by atoms with Crippen molar-refractivity contribution in [2.45, 2.75) is 26.9 Å². The van der Waals surface area contributed by atoms with Crippen molar-refractivity contribution in [3.63, 3.8) is 0 Å². The van der Waals surface area contributed by atoms with Gasteiger partial charge in [-0.1, -0.05) is 35.0 Å². The number of alkyl halides is 3. The van der Waals surface area contributed by atoms with Gasteiger partial charge in [0.2, 0.25) is 0 Å². The van der Waals surface area contributed by atoms with Gasteiger partial charge in [0.05, 0.1) is 11.1 Å². The van der Waals surface area contributed by atoms with Gasteiger partial charge in [-0.15, -0.1) is 0 Å². The van der Waals surface area contributed by atoms with Crippen molar-refractivity contribution in [1.82, 2.24) is 0 Å². The largest absolute Gasteiger partial charge is 0.416 e. The van der Waals surface area contributed by atoms with Crippen molar-refractivity contribution < 1.29 is 22.8 Å². The monoisotopic (exact) mass is 359 g/mol. The topological polar surface area (TPSA) is 38.7 Å². The van der Waals surface area contributed by atoms with E-state index in [-0.39, 0.29) is 16.8 Å². The number of halogens is 3. The van der Waals surface area contributed by atoms with Gasteiger partial charge in [-0.25, -0.2) is 4.79 Å². The SMILES string of the molecule is Cc1cc(C)c(C=C2C(=O)ON=C2c2cccc(C(F)(F)F)c2)c(C)c1. The molecule has 0 saturated carbocycles. The molecule has 134 valence electrons. The zero-order chi connectivity index (χ0) is 19.1. The third-order valence-electron chi connectivity index (χ3n) is 4.18. The lowest BCUT2D eigenvalue weighted by Crippen LogP contribution is -2.10. The molecule has 0 N–H and O–H groups in total. The zero-order valence-electron chi connectivity index (χ0n) is 14.4. The highest BCUT2D eigenvalue weighted by molar-refractivity contribution is 6.31. The molecule has 0 fully saturated rings. The van der Waals surface area contributed by atoms with E-state index in [1.807, 2.05) is 32.9 Å². The number of oxime groups is 1. The first-order valence-corrected chi connectivity index (χ1v) is 7.93. The highest BCUT2D eigenvalue weighted by Gasteiger charge is 2.33. The number of hydrogen-bond acceptors (Lipinski definition) is 3. The number of aryl methyl sites for hydroxylation is 3. The summed E-state index contributed by atoms with van der Waals surface area (Å²) < 4.78 is 38.9. The van der Waals surface area contributed by atoms with Crippen molar-refractivity contribution in [2.24, 2.45) is 5.16 Å². The predicted molar refractivity (Wildman–Crippen MR) is 92.7 cm³/mol. The quantitative estimate of drug-likeness (QED) is 0.561. The molecule has 0 saturated heterocycles. The van der Waals surface area contributed by atoms with Crippen LogP contribution in [0.15, 0.2) is 47.1 Å². The Kier molecular flexibility index (Phi) is 4.44. The summed E-state index contributed by atoms with van der Waals surface area (Å²) in [7, 11) is 0. The minimum Gasteiger partial charge on any atom is -0.312 e. The van der Waals surface area contributed by atoms with E-state index in [0.29, 0.717) is 0 Å². The Morgan fingerprint density at radius 2 is 1.69 bits per heavy atom. The van der Waals surface area contributed by atoms with Gasteiger partial charge in [0, 0.05) is 5.56 Å². The molecule has 1 aliphatic rings. The summed E-state index contributed by atoms with van der Waals surface area (Å²) in [5.41, 5.74) is 3.43. The molecule has 0 unspecified atom stereocenters. The standard InChI is InChI=1S/C20H16F3NO2/c1-11-7-12(2)16(13(3)8-11)10-17-18(24-26-19(17)25)14-5-4-6-15(9-14)20(21,22)23/h4-10H,1-3H3. The van der Waals surface area contributed by atoms with Crippen LogP contribution < -0.4 is 0 Å². The highest BCUT2D eigenvalue weighted by Crippen LogP contribution is 2.31. The average molecular weight is 359 g/mol.